The topological polar surface area (TPSA) is 166 Å². The maximum Gasteiger partial charge on any atom is 0.412 e. The first-order chi connectivity index (χ1) is 33.8. The zero-order valence-corrected chi connectivity index (χ0v) is 42.9. The second-order valence-electron chi connectivity index (χ2n) is 18.4. The lowest BCUT2D eigenvalue weighted by Gasteiger charge is -2.26. The number of aryl methyl sites for hydroxylation is 2. The number of hydrogen-bond donors (Lipinski definition) is 4. The van der Waals surface area contributed by atoms with Gasteiger partial charge in [-0.1, -0.05) is 71.9 Å². The van der Waals surface area contributed by atoms with Crippen molar-refractivity contribution in [1.82, 2.24) is 40.9 Å². The summed E-state index contributed by atoms with van der Waals surface area (Å²) in [7, 11) is 0. The Hall–Kier alpha value is -4.64. The highest BCUT2D eigenvalue weighted by atomic mass is 16.6. The Bertz CT molecular complexity index is 1640. The van der Waals surface area contributed by atoms with E-state index in [0.29, 0.717) is 39.0 Å². The number of benzene rings is 2. The molecule has 4 saturated heterocycles. The Morgan fingerprint density at radius 3 is 0.913 bits per heavy atom. The van der Waals surface area contributed by atoms with Crippen molar-refractivity contribution in [2.75, 3.05) is 105 Å². The summed E-state index contributed by atoms with van der Waals surface area (Å²) < 4.78 is 22.9. The molecule has 4 heterocycles. The van der Waals surface area contributed by atoms with Gasteiger partial charge in [-0.25, -0.2) is 19.2 Å². The minimum atomic E-state index is -0.597. The van der Waals surface area contributed by atoms with E-state index >= 15 is 0 Å². The van der Waals surface area contributed by atoms with E-state index < -0.39 is 24.4 Å². The number of piperidine rings is 4. The number of nitrogens with zero attached hydrogens (tertiary/aromatic N) is 4. The molecule has 0 aliphatic carbocycles. The molecule has 4 aliphatic heterocycles. The Labute approximate surface area is 414 Å². The molecular weight excluding hydrogens is 877 g/mol. The first kappa shape index (κ1) is 56.9. The van der Waals surface area contributed by atoms with E-state index in [1.54, 1.807) is 24.3 Å². The number of amides is 4. The van der Waals surface area contributed by atoms with E-state index in [4.69, 9.17) is 18.9 Å². The summed E-state index contributed by atoms with van der Waals surface area (Å²) in [6.07, 6.45) is 16.2. The minimum Gasteiger partial charge on any atom is -0.406 e. The summed E-state index contributed by atoms with van der Waals surface area (Å²) in [5.74, 6) is 0.709. The van der Waals surface area contributed by atoms with E-state index in [-0.39, 0.29) is 23.0 Å². The average molecular weight is 965 g/mol. The van der Waals surface area contributed by atoms with E-state index in [1.807, 2.05) is 26.0 Å². The van der Waals surface area contributed by atoms with Crippen LogP contribution >= 0.6 is 0 Å². The van der Waals surface area contributed by atoms with Crippen molar-refractivity contribution in [2.45, 2.75) is 137 Å². The Kier molecular flexibility index (Phi) is 28.6. The fraction of sp³-hybridized carbons (Fsp3) is 0.698. The van der Waals surface area contributed by atoms with Crippen molar-refractivity contribution < 1.29 is 38.1 Å². The zero-order chi connectivity index (χ0) is 49.3. The molecule has 0 radical (unpaired) electrons. The van der Waals surface area contributed by atoms with Crippen LogP contribution in [0.4, 0.5) is 19.2 Å². The Morgan fingerprint density at radius 1 is 0.406 bits per heavy atom. The maximum atomic E-state index is 13.0. The maximum absolute atomic E-state index is 13.0. The molecular formula is C53H88N8O8. The van der Waals surface area contributed by atoms with Crippen molar-refractivity contribution in [3.63, 3.8) is 0 Å². The van der Waals surface area contributed by atoms with Gasteiger partial charge in [-0.05, 0) is 165 Å². The highest BCUT2D eigenvalue weighted by Crippen LogP contribution is 2.31. The van der Waals surface area contributed by atoms with Gasteiger partial charge in [-0.3, -0.25) is 0 Å². The average Bonchev–Trinajstić information content (AvgIpc) is 3.36. The van der Waals surface area contributed by atoms with Crippen LogP contribution in [0, 0.1) is 0 Å². The third-order valence-electron chi connectivity index (χ3n) is 12.6. The lowest BCUT2D eigenvalue weighted by atomic mass is 10.0. The van der Waals surface area contributed by atoms with Crippen molar-refractivity contribution in [1.29, 1.82) is 0 Å². The van der Waals surface area contributed by atoms with Crippen LogP contribution in [0.1, 0.15) is 135 Å². The van der Waals surface area contributed by atoms with Crippen LogP contribution < -0.4 is 40.2 Å². The fourth-order valence-corrected chi connectivity index (χ4v) is 8.94. The predicted molar refractivity (Wildman–Crippen MR) is 274 cm³/mol. The standard InChI is InChI=1S/C48H74N8O8.C3H8.C2H6/c57-45(49-21-33-53-25-7-1-8-26-53)61-41-19-17-39(37-43(41)63-47(59)51-23-35-55-29-11-3-12-30-55)15-5-6-16-40-18-20-42(62-46(58)50-22-34-54-27-9-2-10-28-54)44(38-40)64-48(60)52-24-36-56-31-13-4-14-32-56;1-3-2;1-2/h17-20,37-38H,1-16,21-36H2,(H,49,57)(H,50,58)(H,51,59)(H,52,60);3H2,1-2H3;1-2H3. The molecule has 2 aromatic rings. The largest absolute Gasteiger partial charge is 0.412 e. The molecule has 0 spiro atoms. The Morgan fingerprint density at radius 2 is 0.652 bits per heavy atom. The van der Waals surface area contributed by atoms with E-state index in [0.717, 1.165) is 103 Å². The molecule has 69 heavy (non-hydrogen) atoms. The number of ether oxygens (including phenoxy) is 4. The number of likely N-dealkylation sites (tertiary alicyclic amines) is 4. The SMILES string of the molecule is CC.CCC.O=C(NCCN1CCCCC1)Oc1ccc(CCCCc2ccc(OC(=O)NCCN3CCCCC3)c(OC(=O)NCCN3CCCCC3)c2)cc1OC(=O)NCCN1CCCCC1. The molecule has 4 fully saturated rings. The van der Waals surface area contributed by atoms with Crippen molar-refractivity contribution in [3.8, 4) is 23.0 Å². The molecule has 0 bridgehead atoms. The molecule has 16 nitrogen and oxygen atoms in total. The quantitative estimate of drug-likeness (QED) is 0.0879. The van der Waals surface area contributed by atoms with Gasteiger partial charge in [0.05, 0.1) is 0 Å². The van der Waals surface area contributed by atoms with Gasteiger partial charge in [0.2, 0.25) is 0 Å². The Balaban J connectivity index is 0.00000199. The molecule has 6 rings (SSSR count). The van der Waals surface area contributed by atoms with Crippen molar-refractivity contribution in [3.05, 3.63) is 47.5 Å². The molecule has 2 aromatic carbocycles. The first-order valence-corrected chi connectivity index (χ1v) is 26.8. The third-order valence-corrected chi connectivity index (χ3v) is 12.6. The third kappa shape index (κ3) is 23.7. The molecule has 4 aliphatic rings. The number of carbonyl (C=O) groups excluding carboxylic acids is 4. The number of nitrogens with one attached hydrogen (secondary N) is 4. The molecule has 388 valence electrons. The first-order valence-electron chi connectivity index (χ1n) is 26.8. The number of unbranched alkanes of at least 4 members (excludes halogenated alkanes) is 1. The summed E-state index contributed by atoms with van der Waals surface area (Å²) in [6, 6.07) is 10.7. The lowest BCUT2D eigenvalue weighted by Crippen LogP contribution is -2.39. The van der Waals surface area contributed by atoms with Crippen LogP contribution in [0.3, 0.4) is 0 Å². The van der Waals surface area contributed by atoms with Crippen LogP contribution in [0.2, 0.25) is 0 Å². The van der Waals surface area contributed by atoms with Crippen molar-refractivity contribution in [2.24, 2.45) is 0 Å². The number of carbonyl (C=O) groups is 4. The second-order valence-corrected chi connectivity index (χ2v) is 18.4. The van der Waals surface area contributed by atoms with E-state index in [2.05, 4.69) is 54.7 Å². The highest BCUT2D eigenvalue weighted by molar-refractivity contribution is 5.75. The molecule has 0 atom stereocenters. The fourth-order valence-electron chi connectivity index (χ4n) is 8.94. The highest BCUT2D eigenvalue weighted by Gasteiger charge is 2.19. The zero-order valence-electron chi connectivity index (χ0n) is 42.9. The molecule has 4 N–H and O–H groups in total. The summed E-state index contributed by atoms with van der Waals surface area (Å²) in [6.45, 7) is 21.4. The number of rotatable bonds is 21. The molecule has 0 saturated carbocycles. The van der Waals surface area contributed by atoms with Crippen LogP contribution in [-0.2, 0) is 12.8 Å². The lowest BCUT2D eigenvalue weighted by molar-refractivity contribution is 0.183. The van der Waals surface area contributed by atoms with Gasteiger partial charge in [-0.15, -0.1) is 0 Å². The summed E-state index contributed by atoms with van der Waals surface area (Å²) in [5.41, 5.74) is 1.85. The normalized spacial score (nSPS) is 16.9. The van der Waals surface area contributed by atoms with E-state index in [9.17, 15) is 19.2 Å². The number of hydrogen-bond acceptors (Lipinski definition) is 12. The van der Waals surface area contributed by atoms with Gasteiger partial charge >= 0.3 is 24.4 Å². The van der Waals surface area contributed by atoms with E-state index in [1.165, 1.54) is 83.5 Å². The summed E-state index contributed by atoms with van der Waals surface area (Å²) in [5, 5.41) is 11.4. The molecule has 0 aromatic heterocycles. The molecule has 0 unspecified atom stereocenters. The monoisotopic (exact) mass is 965 g/mol. The smallest absolute Gasteiger partial charge is 0.406 e. The second kappa shape index (κ2) is 34.6. The van der Waals surface area contributed by atoms with Gasteiger partial charge in [-0.2, -0.15) is 0 Å². The van der Waals surface area contributed by atoms with Gasteiger partial charge in [0.25, 0.3) is 0 Å². The van der Waals surface area contributed by atoms with Crippen molar-refractivity contribution >= 4 is 24.4 Å². The molecule has 4 amide bonds. The van der Waals surface area contributed by atoms with Gasteiger partial charge in [0.15, 0.2) is 23.0 Å². The van der Waals surface area contributed by atoms with Gasteiger partial charge in [0, 0.05) is 52.4 Å². The van der Waals surface area contributed by atoms with Crippen LogP contribution in [0.25, 0.3) is 0 Å². The minimum absolute atomic E-state index is 0.173. The molecule has 16 heteroatoms. The summed E-state index contributed by atoms with van der Waals surface area (Å²) in [4.78, 5) is 61.0. The van der Waals surface area contributed by atoms with Crippen LogP contribution in [0.5, 0.6) is 23.0 Å². The summed E-state index contributed by atoms with van der Waals surface area (Å²) >= 11 is 0. The van der Waals surface area contributed by atoms with Gasteiger partial charge in [0.1, 0.15) is 0 Å². The van der Waals surface area contributed by atoms with Crippen LogP contribution in [-0.4, -0.2) is 149 Å². The predicted octanol–water partition coefficient (Wildman–Crippen LogP) is 8.99. The van der Waals surface area contributed by atoms with Gasteiger partial charge < -0.3 is 59.8 Å². The van der Waals surface area contributed by atoms with Crippen LogP contribution in [0.15, 0.2) is 36.4 Å².